The van der Waals surface area contributed by atoms with Crippen molar-refractivity contribution in [1.29, 1.82) is 5.26 Å². The molecule has 2 aromatic rings. The van der Waals surface area contributed by atoms with E-state index in [9.17, 15) is 4.39 Å². The zero-order chi connectivity index (χ0) is 22.8. The van der Waals surface area contributed by atoms with E-state index < -0.39 is 0 Å². The summed E-state index contributed by atoms with van der Waals surface area (Å²) >= 11 is 6.41. The van der Waals surface area contributed by atoms with Gasteiger partial charge in [-0.15, -0.1) is 0 Å². The summed E-state index contributed by atoms with van der Waals surface area (Å²) in [5, 5.41) is 12.9. The molecule has 3 nitrogen and oxygen atoms in total. The molecule has 0 fully saturated rings. The van der Waals surface area contributed by atoms with Crippen molar-refractivity contribution in [2.45, 2.75) is 26.7 Å². The van der Waals surface area contributed by atoms with Crippen LogP contribution in [0.5, 0.6) is 0 Å². The van der Waals surface area contributed by atoms with Gasteiger partial charge in [-0.2, -0.15) is 5.26 Å². The molecule has 4 rings (SSSR count). The molecule has 1 aliphatic carbocycles. The monoisotopic (exact) mass is 443 g/mol. The van der Waals surface area contributed by atoms with Gasteiger partial charge < -0.3 is 5.32 Å². The van der Waals surface area contributed by atoms with Crippen molar-refractivity contribution in [2.24, 2.45) is 10.9 Å². The molecule has 0 saturated heterocycles. The molecule has 160 valence electrons. The number of benzene rings is 2. The SMILES string of the molecule is C=C(C)c1ccc(NC2=CC=CC3C(c4ccc(CCC#N)c(F)c4C)=CN=C23)cc1Cl. The second-order valence-electron chi connectivity index (χ2n) is 8.01. The maximum atomic E-state index is 14.9. The van der Waals surface area contributed by atoms with E-state index in [0.717, 1.165) is 39.4 Å². The number of nitriles is 1. The number of hydrogen-bond acceptors (Lipinski definition) is 3. The van der Waals surface area contributed by atoms with E-state index >= 15 is 0 Å². The van der Waals surface area contributed by atoms with Gasteiger partial charge >= 0.3 is 0 Å². The van der Waals surface area contributed by atoms with Crippen molar-refractivity contribution < 1.29 is 4.39 Å². The van der Waals surface area contributed by atoms with Gasteiger partial charge in [0.25, 0.3) is 0 Å². The lowest BCUT2D eigenvalue weighted by Crippen LogP contribution is -2.21. The van der Waals surface area contributed by atoms with Gasteiger partial charge in [0.2, 0.25) is 0 Å². The first-order valence-corrected chi connectivity index (χ1v) is 10.8. The Kier molecular flexibility index (Phi) is 6.12. The largest absolute Gasteiger partial charge is 0.354 e. The van der Waals surface area contributed by atoms with E-state index in [-0.39, 0.29) is 11.7 Å². The summed E-state index contributed by atoms with van der Waals surface area (Å²) in [5.41, 5.74) is 7.42. The molecule has 5 heteroatoms. The Morgan fingerprint density at radius 1 is 1.31 bits per heavy atom. The summed E-state index contributed by atoms with van der Waals surface area (Å²) in [7, 11) is 0. The molecule has 1 unspecified atom stereocenters. The molecular weight excluding hydrogens is 421 g/mol. The van der Waals surface area contributed by atoms with Crippen LogP contribution < -0.4 is 5.32 Å². The number of aryl methyl sites for hydroxylation is 1. The standard InChI is InChI=1S/C27H23ClFN3/c1-16(2)20-12-10-19(14-24(20)28)32-25-8-4-7-22-23(15-31-27(22)25)21-11-9-18(6-5-13-30)26(29)17(21)3/h4,7-12,14-15,22,32H,1,5-6H2,2-3H3. The van der Waals surface area contributed by atoms with Gasteiger partial charge in [-0.3, -0.25) is 4.99 Å². The van der Waals surface area contributed by atoms with E-state index in [2.05, 4.69) is 29.0 Å². The third kappa shape index (κ3) is 4.04. The minimum absolute atomic E-state index is 0.0595. The highest BCUT2D eigenvalue weighted by molar-refractivity contribution is 6.32. The number of aliphatic imine (C=N–C) groups is 1. The number of nitrogens with one attached hydrogen (secondary N) is 1. The molecule has 0 radical (unpaired) electrons. The van der Waals surface area contributed by atoms with Gasteiger partial charge in [0.1, 0.15) is 5.82 Å². The highest BCUT2D eigenvalue weighted by atomic mass is 35.5. The molecule has 2 aromatic carbocycles. The van der Waals surface area contributed by atoms with Crippen LogP contribution in [0.2, 0.25) is 5.02 Å². The fourth-order valence-corrected chi connectivity index (χ4v) is 4.44. The Balaban J connectivity index is 1.56. The molecule has 2 aliphatic rings. The third-order valence-corrected chi connectivity index (χ3v) is 6.12. The van der Waals surface area contributed by atoms with Gasteiger partial charge in [-0.05, 0) is 71.9 Å². The lowest BCUT2D eigenvalue weighted by Gasteiger charge is -2.22. The predicted molar refractivity (Wildman–Crippen MR) is 131 cm³/mol. The summed E-state index contributed by atoms with van der Waals surface area (Å²) in [5.74, 6) is -0.302. The quantitative estimate of drug-likeness (QED) is 0.510. The average Bonchev–Trinajstić information content (AvgIpc) is 3.19. The van der Waals surface area contributed by atoms with Gasteiger partial charge in [0, 0.05) is 24.2 Å². The van der Waals surface area contributed by atoms with Gasteiger partial charge in [-0.1, -0.05) is 48.5 Å². The van der Waals surface area contributed by atoms with Gasteiger partial charge in [0.15, 0.2) is 0 Å². The van der Waals surface area contributed by atoms with Crippen LogP contribution in [0.1, 0.15) is 35.6 Å². The van der Waals surface area contributed by atoms with Crippen LogP contribution in [0, 0.1) is 30.0 Å². The van der Waals surface area contributed by atoms with Crippen LogP contribution in [-0.4, -0.2) is 5.71 Å². The Morgan fingerprint density at radius 3 is 2.84 bits per heavy atom. The van der Waals surface area contributed by atoms with Crippen molar-refractivity contribution in [3.05, 3.63) is 100 Å². The summed E-state index contributed by atoms with van der Waals surface area (Å²) in [4.78, 5) is 4.66. The average molecular weight is 444 g/mol. The number of anilines is 1. The van der Waals surface area contributed by atoms with E-state index in [1.165, 1.54) is 0 Å². The number of fused-ring (bicyclic) bond motifs is 1. The summed E-state index contributed by atoms with van der Waals surface area (Å²) in [6.45, 7) is 7.66. The van der Waals surface area contributed by atoms with Crippen LogP contribution in [0.15, 0.2) is 72.0 Å². The molecule has 0 saturated carbocycles. The first-order valence-electron chi connectivity index (χ1n) is 10.4. The molecular formula is C27H23ClFN3. The lowest BCUT2D eigenvalue weighted by atomic mass is 9.84. The maximum absolute atomic E-state index is 14.9. The van der Waals surface area contributed by atoms with E-state index in [4.69, 9.17) is 16.9 Å². The molecule has 0 aromatic heterocycles. The zero-order valence-corrected chi connectivity index (χ0v) is 18.8. The second kappa shape index (κ2) is 8.98. The van der Waals surface area contributed by atoms with Crippen LogP contribution in [0.25, 0.3) is 11.1 Å². The van der Waals surface area contributed by atoms with Crippen molar-refractivity contribution in [3.8, 4) is 6.07 Å². The van der Waals surface area contributed by atoms with Crippen LogP contribution in [-0.2, 0) is 6.42 Å². The molecule has 1 N–H and O–H groups in total. The molecule has 32 heavy (non-hydrogen) atoms. The Labute approximate surface area is 192 Å². The number of nitrogens with zero attached hydrogens (tertiary/aromatic N) is 2. The number of hydrogen-bond donors (Lipinski definition) is 1. The van der Waals surface area contributed by atoms with E-state index in [1.54, 1.807) is 13.0 Å². The van der Waals surface area contributed by atoms with E-state index in [0.29, 0.717) is 29.0 Å². The third-order valence-electron chi connectivity index (χ3n) is 5.81. The zero-order valence-electron chi connectivity index (χ0n) is 18.0. The first kappa shape index (κ1) is 21.8. The fourth-order valence-electron chi connectivity index (χ4n) is 4.10. The summed E-state index contributed by atoms with van der Waals surface area (Å²) in [6.07, 6.45) is 8.57. The smallest absolute Gasteiger partial charge is 0.129 e. The van der Waals surface area contributed by atoms with Crippen LogP contribution in [0.4, 0.5) is 10.1 Å². The summed E-state index contributed by atoms with van der Waals surface area (Å²) < 4.78 is 14.9. The Bertz CT molecular complexity index is 1270. The van der Waals surface area contributed by atoms with Crippen molar-refractivity contribution in [3.63, 3.8) is 0 Å². The van der Waals surface area contributed by atoms with Gasteiger partial charge in [0.05, 0.1) is 22.5 Å². The first-order chi connectivity index (χ1) is 15.4. The molecule has 0 bridgehead atoms. The molecule has 1 atom stereocenters. The summed E-state index contributed by atoms with van der Waals surface area (Å²) in [6, 6.07) is 11.6. The highest BCUT2D eigenvalue weighted by Crippen LogP contribution is 2.38. The molecule has 0 spiro atoms. The normalized spacial score (nSPS) is 16.6. The number of allylic oxidation sites excluding steroid dienone is 6. The van der Waals surface area contributed by atoms with Crippen LogP contribution >= 0.6 is 11.6 Å². The van der Waals surface area contributed by atoms with Gasteiger partial charge in [-0.25, -0.2) is 4.39 Å². The van der Waals surface area contributed by atoms with Crippen molar-refractivity contribution in [2.75, 3.05) is 5.32 Å². The van der Waals surface area contributed by atoms with Crippen molar-refractivity contribution in [1.82, 2.24) is 0 Å². The minimum atomic E-state index is -0.243. The topological polar surface area (TPSA) is 48.2 Å². The Morgan fingerprint density at radius 2 is 2.12 bits per heavy atom. The number of rotatable bonds is 6. The Hall–Kier alpha value is -3.42. The molecule has 0 amide bonds. The molecule has 1 heterocycles. The maximum Gasteiger partial charge on any atom is 0.129 e. The van der Waals surface area contributed by atoms with E-state index in [1.807, 2.05) is 49.5 Å². The predicted octanol–water partition coefficient (Wildman–Crippen LogP) is 7.25. The van der Waals surface area contributed by atoms with Crippen LogP contribution in [0.3, 0.4) is 0 Å². The fraction of sp³-hybridized carbons (Fsp3) is 0.185. The minimum Gasteiger partial charge on any atom is -0.354 e. The molecule has 1 aliphatic heterocycles. The lowest BCUT2D eigenvalue weighted by molar-refractivity contribution is 0.600. The van der Waals surface area contributed by atoms with Crippen molar-refractivity contribution >= 4 is 34.1 Å². The number of halogens is 2. The highest BCUT2D eigenvalue weighted by Gasteiger charge is 2.30. The second-order valence-corrected chi connectivity index (χ2v) is 8.42.